The number of hydrogen-bond acceptors (Lipinski definition) is 4. The molecule has 0 atom stereocenters. The third-order valence-electron chi connectivity index (χ3n) is 0.977. The van der Waals surface area contributed by atoms with Gasteiger partial charge in [-0.25, -0.2) is 0 Å². The molecule has 0 saturated carbocycles. The molecule has 0 aliphatic heterocycles. The van der Waals surface area contributed by atoms with Crippen molar-refractivity contribution in [2.45, 2.75) is 18.6 Å². The lowest BCUT2D eigenvalue weighted by Crippen LogP contribution is -2.26. The van der Waals surface area contributed by atoms with Crippen LogP contribution in [0.5, 0.6) is 0 Å². The summed E-state index contributed by atoms with van der Waals surface area (Å²) >= 11 is 0. The molecule has 0 aromatic heterocycles. The van der Waals surface area contributed by atoms with Crippen LogP contribution in [0.25, 0.3) is 0 Å². The first-order valence-corrected chi connectivity index (χ1v) is 5.59. The van der Waals surface area contributed by atoms with Gasteiger partial charge in [0, 0.05) is 11.3 Å². The molecule has 1 amide bonds. The molecule has 11 heavy (non-hydrogen) atoms. The summed E-state index contributed by atoms with van der Waals surface area (Å²) in [5, 5.41) is 0. The second-order valence-electron chi connectivity index (χ2n) is 2.78. The number of rotatable bonds is 5. The molecule has 0 aliphatic carbocycles. The predicted octanol–water partition coefficient (Wildman–Crippen LogP) is 0.590. The Morgan fingerprint density at radius 1 is 1.55 bits per heavy atom. The minimum atomic E-state index is -0.282. The maximum atomic E-state index is 10.3. The zero-order chi connectivity index (χ0) is 8.91. The van der Waals surface area contributed by atoms with Gasteiger partial charge in [0.15, 0.2) is 0 Å². The molecule has 5 heteroatoms. The lowest BCUT2D eigenvalue weighted by atomic mass is 10.2. The predicted molar refractivity (Wildman–Crippen MR) is 52.4 cm³/mol. The fourth-order valence-corrected chi connectivity index (χ4v) is 2.53. The Kier molecular flexibility index (Phi) is 4.96. The van der Waals surface area contributed by atoms with E-state index < -0.39 is 0 Å². The van der Waals surface area contributed by atoms with Crippen LogP contribution in [0.4, 0.5) is 0 Å². The van der Waals surface area contributed by atoms with Gasteiger partial charge in [-0.1, -0.05) is 21.6 Å². The van der Waals surface area contributed by atoms with E-state index in [0.29, 0.717) is 12.3 Å². The highest BCUT2D eigenvalue weighted by atomic mass is 33.1. The third-order valence-corrected chi connectivity index (χ3v) is 4.18. The van der Waals surface area contributed by atoms with Gasteiger partial charge in [-0.2, -0.15) is 0 Å². The van der Waals surface area contributed by atoms with Gasteiger partial charge < -0.3 is 11.5 Å². The first-order valence-electron chi connectivity index (χ1n) is 3.27. The minimum Gasteiger partial charge on any atom is -0.369 e. The minimum absolute atomic E-state index is 0.0279. The zero-order valence-electron chi connectivity index (χ0n) is 6.79. The molecule has 0 unspecified atom stereocenters. The van der Waals surface area contributed by atoms with Crippen LogP contribution in [0.1, 0.15) is 13.8 Å². The zero-order valence-corrected chi connectivity index (χ0v) is 8.43. The Balaban J connectivity index is 3.45. The average Bonchev–Trinajstić information content (AvgIpc) is 1.87. The van der Waals surface area contributed by atoms with E-state index in [1.54, 1.807) is 10.8 Å². The maximum absolute atomic E-state index is 10.3. The summed E-state index contributed by atoms with van der Waals surface area (Å²) in [5.74, 6) is 0.0731. The second-order valence-corrected chi connectivity index (χ2v) is 5.78. The lowest BCUT2D eigenvalue weighted by Gasteiger charge is -2.19. The third kappa shape index (κ3) is 6.52. The topological polar surface area (TPSA) is 69.1 Å². The number of primary amides is 1. The SMILES string of the molecule is CC(C)(CN)SSCC(N)=O. The molecule has 3 nitrogen and oxygen atoms in total. The largest absolute Gasteiger partial charge is 0.369 e. The summed E-state index contributed by atoms with van der Waals surface area (Å²) in [4.78, 5) is 10.3. The molecular formula is C6H14N2OS2. The number of carbonyl (C=O) groups excluding carboxylic acids is 1. The van der Waals surface area contributed by atoms with E-state index in [0.717, 1.165) is 0 Å². The van der Waals surface area contributed by atoms with E-state index in [-0.39, 0.29) is 10.7 Å². The molecule has 66 valence electrons. The maximum Gasteiger partial charge on any atom is 0.228 e. The molecule has 0 bridgehead atoms. The molecule has 0 aromatic carbocycles. The van der Waals surface area contributed by atoms with E-state index in [9.17, 15) is 4.79 Å². The fourth-order valence-electron chi connectivity index (χ4n) is 0.281. The van der Waals surface area contributed by atoms with Crippen molar-refractivity contribution >= 4 is 27.5 Å². The van der Waals surface area contributed by atoms with Crippen molar-refractivity contribution in [2.75, 3.05) is 12.3 Å². The van der Waals surface area contributed by atoms with Crippen molar-refractivity contribution in [1.82, 2.24) is 0 Å². The van der Waals surface area contributed by atoms with Crippen molar-refractivity contribution < 1.29 is 4.79 Å². The number of nitrogens with two attached hydrogens (primary N) is 2. The van der Waals surface area contributed by atoms with Crippen LogP contribution < -0.4 is 11.5 Å². The Morgan fingerprint density at radius 3 is 2.45 bits per heavy atom. The van der Waals surface area contributed by atoms with Crippen molar-refractivity contribution in [3.63, 3.8) is 0 Å². The highest BCUT2D eigenvalue weighted by molar-refractivity contribution is 8.77. The van der Waals surface area contributed by atoms with Crippen LogP contribution in [-0.2, 0) is 4.79 Å². The molecule has 4 N–H and O–H groups in total. The number of amides is 1. The summed E-state index contributed by atoms with van der Waals surface area (Å²) in [7, 11) is 3.05. The van der Waals surface area contributed by atoms with Crippen LogP contribution >= 0.6 is 21.6 Å². The van der Waals surface area contributed by atoms with Gasteiger partial charge in [-0.15, -0.1) is 0 Å². The van der Waals surface area contributed by atoms with Crippen LogP contribution in [0.15, 0.2) is 0 Å². The molecule has 0 spiro atoms. The molecule has 0 heterocycles. The fraction of sp³-hybridized carbons (Fsp3) is 0.833. The van der Waals surface area contributed by atoms with Crippen LogP contribution in [0.3, 0.4) is 0 Å². The van der Waals surface area contributed by atoms with Crippen LogP contribution in [0, 0.1) is 0 Å². The van der Waals surface area contributed by atoms with Crippen molar-refractivity contribution in [1.29, 1.82) is 0 Å². The van der Waals surface area contributed by atoms with Gasteiger partial charge in [0.05, 0.1) is 5.75 Å². The van der Waals surface area contributed by atoms with E-state index >= 15 is 0 Å². The lowest BCUT2D eigenvalue weighted by molar-refractivity contribution is -0.115. The van der Waals surface area contributed by atoms with Crippen LogP contribution in [0.2, 0.25) is 0 Å². The van der Waals surface area contributed by atoms with E-state index in [4.69, 9.17) is 11.5 Å². The van der Waals surface area contributed by atoms with Crippen molar-refractivity contribution in [3.05, 3.63) is 0 Å². The quantitative estimate of drug-likeness (QED) is 0.629. The summed E-state index contributed by atoms with van der Waals surface area (Å²) in [6.07, 6.45) is 0. The van der Waals surface area contributed by atoms with E-state index in [1.807, 2.05) is 13.8 Å². The standard InChI is InChI=1S/C6H14N2OS2/c1-6(2,4-7)11-10-3-5(8)9/h3-4,7H2,1-2H3,(H2,8,9). The normalized spacial score (nSPS) is 11.5. The first-order chi connectivity index (χ1) is 4.98. The van der Waals surface area contributed by atoms with Crippen molar-refractivity contribution in [2.24, 2.45) is 11.5 Å². The van der Waals surface area contributed by atoms with Gasteiger partial charge >= 0.3 is 0 Å². The summed E-state index contributed by atoms with van der Waals surface area (Å²) < 4.78 is 0.0279. The molecule has 0 rings (SSSR count). The Labute approximate surface area is 75.1 Å². The highest BCUT2D eigenvalue weighted by Gasteiger charge is 2.16. The summed E-state index contributed by atoms with van der Waals surface area (Å²) in [6, 6.07) is 0. The molecule has 0 fully saturated rings. The first kappa shape index (κ1) is 11.1. The molecule has 0 aromatic rings. The molecule has 0 saturated heterocycles. The van der Waals surface area contributed by atoms with Gasteiger partial charge in [-0.3, -0.25) is 4.79 Å². The molecule has 0 aliphatic rings. The monoisotopic (exact) mass is 194 g/mol. The van der Waals surface area contributed by atoms with Gasteiger partial charge in [-0.05, 0) is 13.8 Å². The van der Waals surface area contributed by atoms with Crippen LogP contribution in [-0.4, -0.2) is 23.0 Å². The highest BCUT2D eigenvalue weighted by Crippen LogP contribution is 2.34. The number of hydrogen-bond donors (Lipinski definition) is 2. The van der Waals surface area contributed by atoms with E-state index in [2.05, 4.69) is 0 Å². The Morgan fingerprint density at radius 2 is 2.09 bits per heavy atom. The smallest absolute Gasteiger partial charge is 0.228 e. The Bertz CT molecular complexity index is 139. The molecule has 0 radical (unpaired) electrons. The van der Waals surface area contributed by atoms with Crippen molar-refractivity contribution in [3.8, 4) is 0 Å². The van der Waals surface area contributed by atoms with Gasteiger partial charge in [0.25, 0.3) is 0 Å². The van der Waals surface area contributed by atoms with E-state index in [1.165, 1.54) is 10.8 Å². The second kappa shape index (κ2) is 4.90. The average molecular weight is 194 g/mol. The number of carbonyl (C=O) groups is 1. The summed E-state index contributed by atoms with van der Waals surface area (Å²) in [6.45, 7) is 4.67. The molecular weight excluding hydrogens is 180 g/mol. The van der Waals surface area contributed by atoms with Gasteiger partial charge in [0.1, 0.15) is 0 Å². The van der Waals surface area contributed by atoms with Gasteiger partial charge in [0.2, 0.25) is 5.91 Å². The Hall–Kier alpha value is 0.130. The summed E-state index contributed by atoms with van der Waals surface area (Å²) in [5.41, 5.74) is 10.4.